The standard InChI is InChI=1S/C21H22N4O/c1-13-9-10-15(3)18(11-13)23-20(26)19-12-16(4)22-21(25-19)24-17-8-6-5-7-14(17)2/h5-12H,1-4H3,(H,23,26)(H,22,24,25). The number of carbonyl (C=O) groups is 1. The zero-order valence-electron chi connectivity index (χ0n) is 15.4. The normalized spacial score (nSPS) is 10.5. The molecule has 0 aliphatic heterocycles. The van der Waals surface area contributed by atoms with E-state index in [1.165, 1.54) is 0 Å². The first kappa shape index (κ1) is 17.6. The molecule has 2 N–H and O–H groups in total. The van der Waals surface area contributed by atoms with Crippen molar-refractivity contribution in [2.75, 3.05) is 10.6 Å². The molecule has 0 saturated heterocycles. The third-order valence-electron chi connectivity index (χ3n) is 4.12. The van der Waals surface area contributed by atoms with E-state index in [4.69, 9.17) is 0 Å². The molecule has 0 aliphatic rings. The van der Waals surface area contributed by atoms with Crippen LogP contribution in [0.3, 0.4) is 0 Å². The van der Waals surface area contributed by atoms with E-state index in [2.05, 4.69) is 20.6 Å². The minimum Gasteiger partial charge on any atom is -0.324 e. The number of hydrogen-bond donors (Lipinski definition) is 2. The van der Waals surface area contributed by atoms with E-state index >= 15 is 0 Å². The van der Waals surface area contributed by atoms with Crippen molar-refractivity contribution >= 4 is 23.2 Å². The van der Waals surface area contributed by atoms with E-state index in [-0.39, 0.29) is 5.91 Å². The second kappa shape index (κ2) is 7.35. The van der Waals surface area contributed by atoms with E-state index in [9.17, 15) is 4.79 Å². The van der Waals surface area contributed by atoms with E-state index in [1.54, 1.807) is 6.07 Å². The van der Waals surface area contributed by atoms with Crippen LogP contribution in [-0.4, -0.2) is 15.9 Å². The molecule has 1 aromatic heterocycles. The maximum atomic E-state index is 12.7. The van der Waals surface area contributed by atoms with E-state index < -0.39 is 0 Å². The van der Waals surface area contributed by atoms with E-state index in [1.807, 2.05) is 70.2 Å². The number of rotatable bonds is 4. The Morgan fingerprint density at radius 2 is 1.58 bits per heavy atom. The summed E-state index contributed by atoms with van der Waals surface area (Å²) in [6.07, 6.45) is 0. The molecule has 0 aliphatic carbocycles. The smallest absolute Gasteiger partial charge is 0.274 e. The van der Waals surface area contributed by atoms with Gasteiger partial charge in [-0.05, 0) is 62.6 Å². The maximum absolute atomic E-state index is 12.7. The molecule has 0 bridgehead atoms. The highest BCUT2D eigenvalue weighted by atomic mass is 16.1. The number of hydrogen-bond acceptors (Lipinski definition) is 4. The lowest BCUT2D eigenvalue weighted by molar-refractivity contribution is 0.102. The average Bonchev–Trinajstić information content (AvgIpc) is 2.59. The number of nitrogens with one attached hydrogen (secondary N) is 2. The van der Waals surface area contributed by atoms with Crippen LogP contribution in [0.5, 0.6) is 0 Å². The molecule has 1 amide bonds. The van der Waals surface area contributed by atoms with Crippen LogP contribution in [-0.2, 0) is 0 Å². The fourth-order valence-corrected chi connectivity index (χ4v) is 2.63. The number of para-hydroxylation sites is 1. The van der Waals surface area contributed by atoms with E-state index in [0.717, 1.165) is 33.8 Å². The van der Waals surface area contributed by atoms with Crippen molar-refractivity contribution in [2.45, 2.75) is 27.7 Å². The van der Waals surface area contributed by atoms with Crippen LogP contribution in [0.2, 0.25) is 0 Å². The Morgan fingerprint density at radius 1 is 0.846 bits per heavy atom. The van der Waals surface area contributed by atoms with Crippen LogP contribution in [0.1, 0.15) is 32.9 Å². The van der Waals surface area contributed by atoms with Gasteiger partial charge in [-0.1, -0.05) is 30.3 Å². The Bertz CT molecular complexity index is 966. The molecule has 0 atom stereocenters. The lowest BCUT2D eigenvalue weighted by Gasteiger charge is -2.12. The Balaban J connectivity index is 1.86. The lowest BCUT2D eigenvalue weighted by atomic mass is 10.1. The number of aromatic nitrogens is 2. The van der Waals surface area contributed by atoms with Gasteiger partial charge in [0.1, 0.15) is 5.69 Å². The first-order chi connectivity index (χ1) is 12.4. The summed E-state index contributed by atoms with van der Waals surface area (Å²) in [5.74, 6) is 0.155. The summed E-state index contributed by atoms with van der Waals surface area (Å²) >= 11 is 0. The molecule has 0 fully saturated rings. The van der Waals surface area contributed by atoms with Gasteiger partial charge in [0.2, 0.25) is 5.95 Å². The molecule has 0 radical (unpaired) electrons. The summed E-state index contributed by atoms with van der Waals surface area (Å²) in [6, 6.07) is 15.5. The van der Waals surface area contributed by atoms with Crippen LogP contribution >= 0.6 is 0 Å². The molecular weight excluding hydrogens is 324 g/mol. The van der Waals surface area contributed by atoms with Crippen LogP contribution in [0.4, 0.5) is 17.3 Å². The van der Waals surface area contributed by atoms with Crippen LogP contribution in [0.25, 0.3) is 0 Å². The quantitative estimate of drug-likeness (QED) is 0.718. The first-order valence-electron chi connectivity index (χ1n) is 8.49. The molecular formula is C21H22N4O. The van der Waals surface area contributed by atoms with Gasteiger partial charge >= 0.3 is 0 Å². The van der Waals surface area contributed by atoms with Gasteiger partial charge in [0, 0.05) is 17.1 Å². The van der Waals surface area contributed by atoms with Gasteiger partial charge in [-0.3, -0.25) is 4.79 Å². The Hall–Kier alpha value is -3.21. The Labute approximate surface area is 153 Å². The van der Waals surface area contributed by atoms with Gasteiger partial charge in [-0.2, -0.15) is 0 Å². The summed E-state index contributed by atoms with van der Waals surface area (Å²) in [7, 11) is 0. The molecule has 0 spiro atoms. The minimum absolute atomic E-state index is 0.253. The third-order valence-corrected chi connectivity index (χ3v) is 4.12. The van der Waals surface area contributed by atoms with Crippen molar-refractivity contribution in [2.24, 2.45) is 0 Å². The van der Waals surface area contributed by atoms with Gasteiger partial charge in [0.05, 0.1) is 0 Å². The maximum Gasteiger partial charge on any atom is 0.274 e. The molecule has 26 heavy (non-hydrogen) atoms. The predicted octanol–water partition coefficient (Wildman–Crippen LogP) is 4.71. The molecule has 3 aromatic rings. The molecule has 1 heterocycles. The Kier molecular flexibility index (Phi) is 4.98. The Morgan fingerprint density at radius 3 is 2.35 bits per heavy atom. The summed E-state index contributed by atoms with van der Waals surface area (Å²) < 4.78 is 0. The molecule has 0 saturated carbocycles. The van der Waals surface area contributed by atoms with Gasteiger partial charge in [-0.25, -0.2) is 9.97 Å². The number of carbonyl (C=O) groups excluding carboxylic acids is 1. The van der Waals surface area contributed by atoms with Gasteiger partial charge in [-0.15, -0.1) is 0 Å². The topological polar surface area (TPSA) is 66.9 Å². The molecule has 3 rings (SSSR count). The predicted molar refractivity (Wildman–Crippen MR) is 105 cm³/mol. The van der Waals surface area contributed by atoms with Gasteiger partial charge in [0.15, 0.2) is 0 Å². The van der Waals surface area contributed by atoms with Gasteiger partial charge < -0.3 is 10.6 Å². The first-order valence-corrected chi connectivity index (χ1v) is 8.49. The van der Waals surface area contributed by atoms with Crippen molar-refractivity contribution in [3.8, 4) is 0 Å². The number of aryl methyl sites for hydroxylation is 4. The fourth-order valence-electron chi connectivity index (χ4n) is 2.63. The second-order valence-electron chi connectivity index (χ2n) is 6.43. The van der Waals surface area contributed by atoms with Crippen LogP contribution in [0.15, 0.2) is 48.5 Å². The van der Waals surface area contributed by atoms with Crippen molar-refractivity contribution in [1.82, 2.24) is 9.97 Å². The van der Waals surface area contributed by atoms with Crippen molar-refractivity contribution in [1.29, 1.82) is 0 Å². The number of anilines is 3. The number of amides is 1. The monoisotopic (exact) mass is 346 g/mol. The van der Waals surface area contributed by atoms with Gasteiger partial charge in [0.25, 0.3) is 5.91 Å². The number of nitrogens with zero attached hydrogens (tertiary/aromatic N) is 2. The van der Waals surface area contributed by atoms with Crippen molar-refractivity contribution in [3.05, 3.63) is 76.6 Å². The van der Waals surface area contributed by atoms with E-state index in [0.29, 0.717) is 11.6 Å². The van der Waals surface area contributed by atoms with Crippen LogP contribution < -0.4 is 10.6 Å². The highest BCUT2D eigenvalue weighted by Gasteiger charge is 2.13. The highest BCUT2D eigenvalue weighted by molar-refractivity contribution is 6.03. The summed E-state index contributed by atoms with van der Waals surface area (Å²) in [5.41, 5.74) is 5.94. The number of benzene rings is 2. The largest absolute Gasteiger partial charge is 0.324 e. The zero-order valence-corrected chi connectivity index (χ0v) is 15.4. The average molecular weight is 346 g/mol. The molecule has 5 nitrogen and oxygen atoms in total. The lowest BCUT2D eigenvalue weighted by Crippen LogP contribution is -2.16. The molecule has 2 aromatic carbocycles. The molecule has 0 unspecified atom stereocenters. The second-order valence-corrected chi connectivity index (χ2v) is 6.43. The van der Waals surface area contributed by atoms with Crippen molar-refractivity contribution in [3.63, 3.8) is 0 Å². The summed E-state index contributed by atoms with van der Waals surface area (Å²) in [4.78, 5) is 21.4. The zero-order chi connectivity index (χ0) is 18.7. The molecule has 132 valence electrons. The third kappa shape index (κ3) is 4.06. The fraction of sp³-hybridized carbons (Fsp3) is 0.190. The summed E-state index contributed by atoms with van der Waals surface area (Å²) in [5, 5.41) is 6.13. The van der Waals surface area contributed by atoms with Crippen molar-refractivity contribution < 1.29 is 4.79 Å². The highest BCUT2D eigenvalue weighted by Crippen LogP contribution is 2.20. The summed E-state index contributed by atoms with van der Waals surface area (Å²) in [6.45, 7) is 7.81. The van der Waals surface area contributed by atoms with Crippen LogP contribution in [0, 0.1) is 27.7 Å². The SMILES string of the molecule is Cc1ccc(C)c(NC(=O)c2cc(C)nc(Nc3ccccc3C)n2)c1. The minimum atomic E-state index is -0.253. The molecule has 5 heteroatoms.